The molecule has 0 radical (unpaired) electrons. The number of aliphatic carboxylic acids is 1. The van der Waals surface area contributed by atoms with Crippen LogP contribution in [-0.2, 0) is 19.6 Å². The fourth-order valence-electron chi connectivity index (χ4n) is 2.11. The van der Waals surface area contributed by atoms with E-state index < -0.39 is 28.1 Å². The highest BCUT2D eigenvalue weighted by Crippen LogP contribution is 2.31. The number of rotatable bonds is 5. The Hall–Kier alpha value is -0.660. The van der Waals surface area contributed by atoms with Crippen LogP contribution in [0.25, 0.3) is 0 Å². The molecule has 0 aromatic rings. The van der Waals surface area contributed by atoms with Gasteiger partial charge in [-0.3, -0.25) is 4.79 Å². The number of carboxylic acid groups (broad SMARTS) is 1. The highest BCUT2D eigenvalue weighted by molar-refractivity contribution is 7.88. The molecule has 0 bridgehead atoms. The Bertz CT molecular complexity index is 403. The van der Waals surface area contributed by atoms with Gasteiger partial charge >= 0.3 is 5.97 Å². The summed E-state index contributed by atoms with van der Waals surface area (Å²) in [7, 11) is -3.48. The molecule has 2 aliphatic rings. The zero-order valence-electron chi connectivity index (χ0n) is 9.70. The first-order chi connectivity index (χ1) is 7.89. The van der Waals surface area contributed by atoms with Crippen LogP contribution in [0.1, 0.15) is 19.3 Å². The molecule has 7 heteroatoms. The maximum Gasteiger partial charge on any atom is 0.324 e. The molecule has 2 fully saturated rings. The highest BCUT2D eigenvalue weighted by atomic mass is 32.2. The lowest BCUT2D eigenvalue weighted by atomic mass is 10.2. The molecule has 98 valence electrons. The number of nitrogens with zero attached hydrogens (tertiary/aromatic N) is 1. The molecule has 1 aliphatic heterocycles. The van der Waals surface area contributed by atoms with Crippen molar-refractivity contribution in [1.82, 2.24) is 4.31 Å². The summed E-state index contributed by atoms with van der Waals surface area (Å²) in [5.74, 6) is -0.592. The molecule has 1 N–H and O–H groups in total. The van der Waals surface area contributed by atoms with Crippen LogP contribution in [0.15, 0.2) is 0 Å². The maximum atomic E-state index is 11.5. The summed E-state index contributed by atoms with van der Waals surface area (Å²) in [4.78, 5) is 11.1. The van der Waals surface area contributed by atoms with Gasteiger partial charge in [0.25, 0.3) is 0 Å². The molecule has 2 atom stereocenters. The standard InChI is InChI=1S/C10H17NO5S/c1-17(14,15)11-5-4-8(9(11)10(12)13)16-6-7-2-3-7/h7-9H,2-6H2,1H3,(H,12,13). The monoisotopic (exact) mass is 263 g/mol. The van der Waals surface area contributed by atoms with E-state index in [9.17, 15) is 13.2 Å². The molecule has 0 amide bonds. The highest BCUT2D eigenvalue weighted by Gasteiger charge is 2.45. The topological polar surface area (TPSA) is 83.9 Å². The predicted molar refractivity (Wildman–Crippen MR) is 60.1 cm³/mol. The second-order valence-corrected chi connectivity index (χ2v) is 6.70. The van der Waals surface area contributed by atoms with Gasteiger partial charge in [0.05, 0.1) is 12.4 Å². The fraction of sp³-hybridized carbons (Fsp3) is 0.900. The van der Waals surface area contributed by atoms with Gasteiger partial charge in [0.15, 0.2) is 0 Å². The Morgan fingerprint density at radius 3 is 2.53 bits per heavy atom. The SMILES string of the molecule is CS(=O)(=O)N1CCC(OCC2CC2)C1C(=O)O. The van der Waals surface area contributed by atoms with Crippen LogP contribution in [0.5, 0.6) is 0 Å². The van der Waals surface area contributed by atoms with Crippen LogP contribution in [-0.4, -0.2) is 55.4 Å². The predicted octanol–water partition coefficient (Wildman–Crippen LogP) is -0.0999. The smallest absolute Gasteiger partial charge is 0.324 e. The van der Waals surface area contributed by atoms with E-state index in [0.717, 1.165) is 23.4 Å². The van der Waals surface area contributed by atoms with Crippen LogP contribution >= 0.6 is 0 Å². The minimum absolute atomic E-state index is 0.227. The van der Waals surface area contributed by atoms with E-state index in [1.165, 1.54) is 0 Å². The Balaban J connectivity index is 2.04. The third-order valence-electron chi connectivity index (χ3n) is 3.22. The number of hydrogen-bond donors (Lipinski definition) is 1. The summed E-state index contributed by atoms with van der Waals surface area (Å²) in [6.07, 6.45) is 3.23. The minimum atomic E-state index is -3.48. The number of ether oxygens (including phenoxy) is 1. The summed E-state index contributed by atoms with van der Waals surface area (Å²) in [5.41, 5.74) is 0. The van der Waals surface area contributed by atoms with E-state index >= 15 is 0 Å². The van der Waals surface area contributed by atoms with Crippen LogP contribution < -0.4 is 0 Å². The number of carbonyl (C=O) groups is 1. The van der Waals surface area contributed by atoms with E-state index in [1.807, 2.05) is 0 Å². The number of carboxylic acids is 1. The first-order valence-corrected chi connectivity index (χ1v) is 7.55. The average Bonchev–Trinajstić information content (AvgIpc) is 2.91. The average molecular weight is 263 g/mol. The van der Waals surface area contributed by atoms with E-state index in [1.54, 1.807) is 0 Å². The van der Waals surface area contributed by atoms with Gasteiger partial charge in [-0.1, -0.05) is 0 Å². The molecule has 1 saturated heterocycles. The first kappa shape index (κ1) is 12.8. The number of sulfonamides is 1. The molecule has 0 spiro atoms. The van der Waals surface area contributed by atoms with Crippen LogP contribution in [0, 0.1) is 5.92 Å². The van der Waals surface area contributed by atoms with Crippen molar-refractivity contribution < 1.29 is 23.1 Å². The largest absolute Gasteiger partial charge is 0.480 e. The third kappa shape index (κ3) is 2.97. The fourth-order valence-corrected chi connectivity index (χ4v) is 3.19. The van der Waals surface area contributed by atoms with Crippen molar-refractivity contribution >= 4 is 16.0 Å². The number of hydrogen-bond acceptors (Lipinski definition) is 4. The van der Waals surface area contributed by atoms with Crippen LogP contribution in [0.3, 0.4) is 0 Å². The summed E-state index contributed by atoms with van der Waals surface area (Å²) in [5, 5.41) is 9.11. The third-order valence-corrected chi connectivity index (χ3v) is 4.48. The van der Waals surface area contributed by atoms with Gasteiger partial charge in [-0.05, 0) is 25.2 Å². The Morgan fingerprint density at radius 1 is 1.41 bits per heavy atom. The lowest BCUT2D eigenvalue weighted by Gasteiger charge is -2.22. The lowest BCUT2D eigenvalue weighted by molar-refractivity contribution is -0.144. The van der Waals surface area contributed by atoms with Crippen molar-refractivity contribution in [3.63, 3.8) is 0 Å². The summed E-state index contributed by atoms with van der Waals surface area (Å²) >= 11 is 0. The zero-order valence-corrected chi connectivity index (χ0v) is 10.5. The van der Waals surface area contributed by atoms with E-state index in [2.05, 4.69) is 0 Å². The quantitative estimate of drug-likeness (QED) is 0.749. The molecule has 1 heterocycles. The molecule has 2 unspecified atom stereocenters. The summed E-state index contributed by atoms with van der Waals surface area (Å²) < 4.78 is 29.5. The maximum absolute atomic E-state index is 11.5. The summed E-state index contributed by atoms with van der Waals surface area (Å²) in [6, 6.07) is -1.07. The van der Waals surface area contributed by atoms with Crippen molar-refractivity contribution in [1.29, 1.82) is 0 Å². The molecule has 1 aliphatic carbocycles. The van der Waals surface area contributed by atoms with Crippen LogP contribution in [0.4, 0.5) is 0 Å². The lowest BCUT2D eigenvalue weighted by Crippen LogP contribution is -2.45. The zero-order chi connectivity index (χ0) is 12.6. The first-order valence-electron chi connectivity index (χ1n) is 5.71. The molecule has 0 aromatic carbocycles. The molecule has 6 nitrogen and oxygen atoms in total. The molecule has 0 aromatic heterocycles. The second-order valence-electron chi connectivity index (χ2n) is 4.76. The Labute approximate surface area is 101 Å². The second kappa shape index (κ2) is 4.55. The Kier molecular flexibility index (Phi) is 3.42. The van der Waals surface area contributed by atoms with Gasteiger partial charge in [0.1, 0.15) is 6.04 Å². The van der Waals surface area contributed by atoms with E-state index in [-0.39, 0.29) is 6.54 Å². The van der Waals surface area contributed by atoms with Gasteiger partial charge in [-0.2, -0.15) is 4.31 Å². The van der Waals surface area contributed by atoms with E-state index in [4.69, 9.17) is 9.84 Å². The van der Waals surface area contributed by atoms with Crippen molar-refractivity contribution in [2.24, 2.45) is 5.92 Å². The van der Waals surface area contributed by atoms with Gasteiger partial charge in [-0.25, -0.2) is 8.42 Å². The van der Waals surface area contributed by atoms with Gasteiger partial charge in [0.2, 0.25) is 10.0 Å². The molecular formula is C10H17NO5S. The minimum Gasteiger partial charge on any atom is -0.480 e. The van der Waals surface area contributed by atoms with Crippen molar-refractivity contribution in [3.05, 3.63) is 0 Å². The molecular weight excluding hydrogens is 246 g/mol. The molecule has 2 rings (SSSR count). The van der Waals surface area contributed by atoms with Gasteiger partial charge in [-0.15, -0.1) is 0 Å². The van der Waals surface area contributed by atoms with Crippen LogP contribution in [0.2, 0.25) is 0 Å². The van der Waals surface area contributed by atoms with E-state index in [0.29, 0.717) is 18.9 Å². The molecule has 1 saturated carbocycles. The van der Waals surface area contributed by atoms with Crippen molar-refractivity contribution in [3.8, 4) is 0 Å². The molecule has 17 heavy (non-hydrogen) atoms. The van der Waals surface area contributed by atoms with Crippen molar-refractivity contribution in [2.75, 3.05) is 19.4 Å². The normalized spacial score (nSPS) is 30.6. The van der Waals surface area contributed by atoms with Gasteiger partial charge in [0, 0.05) is 13.2 Å². The van der Waals surface area contributed by atoms with Crippen molar-refractivity contribution in [2.45, 2.75) is 31.4 Å². The van der Waals surface area contributed by atoms with Gasteiger partial charge < -0.3 is 9.84 Å². The Morgan fingerprint density at radius 2 is 2.06 bits per heavy atom. The summed E-state index contributed by atoms with van der Waals surface area (Å²) in [6.45, 7) is 0.775.